The highest BCUT2D eigenvalue weighted by molar-refractivity contribution is 5.72. The number of hydrogen-bond donors (Lipinski definition) is 5. The van der Waals surface area contributed by atoms with Crippen molar-refractivity contribution in [2.24, 2.45) is 5.92 Å². The van der Waals surface area contributed by atoms with Gasteiger partial charge >= 0.3 is 5.97 Å². The van der Waals surface area contributed by atoms with Crippen LogP contribution >= 0.6 is 0 Å². The smallest absolute Gasteiger partial charge is 0.309 e. The van der Waals surface area contributed by atoms with Crippen molar-refractivity contribution in [1.82, 2.24) is 0 Å². The van der Waals surface area contributed by atoms with Crippen LogP contribution in [0.5, 0.6) is 0 Å². The second-order valence-electron chi connectivity index (χ2n) is 8.44. The monoisotopic (exact) mass is 446 g/mol. The Kier molecular flexibility index (Phi) is 20.2. The number of ether oxygens (including phenoxy) is 1. The van der Waals surface area contributed by atoms with Crippen molar-refractivity contribution in [3.63, 3.8) is 0 Å². The molecule has 31 heavy (non-hydrogen) atoms. The zero-order chi connectivity index (χ0) is 23.3. The van der Waals surface area contributed by atoms with E-state index in [4.69, 9.17) is 14.9 Å². The summed E-state index contributed by atoms with van der Waals surface area (Å²) in [6.07, 6.45) is 13.6. The molecule has 0 radical (unpaired) electrons. The van der Waals surface area contributed by atoms with Crippen LogP contribution in [0.4, 0.5) is 0 Å². The molecule has 0 bridgehead atoms. The normalized spacial score (nSPS) is 15.7. The van der Waals surface area contributed by atoms with Gasteiger partial charge in [0.15, 0.2) is 0 Å². The first-order chi connectivity index (χ1) is 14.9. The van der Waals surface area contributed by atoms with Crippen molar-refractivity contribution < 1.29 is 35.1 Å². The summed E-state index contributed by atoms with van der Waals surface area (Å²) in [7, 11) is 0. The average Bonchev–Trinajstić information content (AvgIpc) is 2.77. The van der Waals surface area contributed by atoms with E-state index in [-0.39, 0.29) is 19.1 Å². The van der Waals surface area contributed by atoms with Crippen LogP contribution in [0.25, 0.3) is 0 Å². The molecule has 0 fully saturated rings. The molecule has 0 aromatic heterocycles. The molecule has 0 saturated carbocycles. The Labute approximate surface area is 188 Å². The van der Waals surface area contributed by atoms with Gasteiger partial charge in [-0.15, -0.1) is 0 Å². The fourth-order valence-corrected chi connectivity index (χ4v) is 3.39. The molecule has 0 aromatic rings. The van der Waals surface area contributed by atoms with Crippen molar-refractivity contribution in [1.29, 1.82) is 0 Å². The van der Waals surface area contributed by atoms with E-state index in [9.17, 15) is 20.1 Å². The minimum Gasteiger partial charge on any atom is -0.463 e. The summed E-state index contributed by atoms with van der Waals surface area (Å²) in [6.45, 7) is 1.01. The highest BCUT2D eigenvalue weighted by Crippen LogP contribution is 2.19. The molecule has 0 aromatic carbocycles. The largest absolute Gasteiger partial charge is 0.463 e. The minimum atomic E-state index is -1.11. The van der Waals surface area contributed by atoms with Crippen LogP contribution in [0.15, 0.2) is 12.2 Å². The molecule has 0 aliphatic carbocycles. The SMILES string of the molecule is CCCCCC[C@@H](O)C/C=C\CCCCCCC(CC(O)CO)C(=O)OCC(O)CO. The van der Waals surface area contributed by atoms with E-state index in [0.29, 0.717) is 12.8 Å². The van der Waals surface area contributed by atoms with Gasteiger partial charge in [0.1, 0.15) is 12.7 Å². The molecule has 184 valence electrons. The van der Waals surface area contributed by atoms with Gasteiger partial charge in [-0.05, 0) is 38.5 Å². The van der Waals surface area contributed by atoms with Crippen molar-refractivity contribution in [2.45, 2.75) is 109 Å². The third-order valence-electron chi connectivity index (χ3n) is 5.37. The predicted molar refractivity (Wildman–Crippen MR) is 121 cm³/mol. The molecular weight excluding hydrogens is 400 g/mol. The Morgan fingerprint density at radius 3 is 2.13 bits per heavy atom. The molecular formula is C24H46O7. The van der Waals surface area contributed by atoms with Crippen molar-refractivity contribution in [3.05, 3.63) is 12.2 Å². The summed E-state index contributed by atoms with van der Waals surface area (Å²) < 4.78 is 5.01. The van der Waals surface area contributed by atoms with Gasteiger partial charge < -0.3 is 30.3 Å². The summed E-state index contributed by atoms with van der Waals surface area (Å²) >= 11 is 0. The van der Waals surface area contributed by atoms with E-state index in [1.165, 1.54) is 19.3 Å². The van der Waals surface area contributed by atoms with Gasteiger partial charge in [0, 0.05) is 0 Å². The maximum atomic E-state index is 12.2. The molecule has 0 heterocycles. The second kappa shape index (κ2) is 20.9. The fourth-order valence-electron chi connectivity index (χ4n) is 3.39. The lowest BCUT2D eigenvalue weighted by molar-refractivity contribution is -0.153. The number of carbonyl (C=O) groups is 1. The summed E-state index contributed by atoms with van der Waals surface area (Å²) in [4.78, 5) is 12.2. The summed E-state index contributed by atoms with van der Waals surface area (Å²) in [5.41, 5.74) is 0. The molecule has 0 spiro atoms. The third kappa shape index (κ3) is 18.3. The zero-order valence-corrected chi connectivity index (χ0v) is 19.3. The lowest BCUT2D eigenvalue weighted by Gasteiger charge is -2.19. The molecule has 0 aliphatic heterocycles. The first-order valence-electron chi connectivity index (χ1n) is 12.0. The first kappa shape index (κ1) is 30.0. The van der Waals surface area contributed by atoms with Crippen LogP contribution in [0.2, 0.25) is 0 Å². The van der Waals surface area contributed by atoms with Crippen molar-refractivity contribution in [2.75, 3.05) is 19.8 Å². The fraction of sp³-hybridized carbons (Fsp3) is 0.875. The maximum absolute atomic E-state index is 12.2. The Bertz CT molecular complexity index is 442. The maximum Gasteiger partial charge on any atom is 0.309 e. The number of aliphatic hydroxyl groups is 5. The Hall–Kier alpha value is -0.990. The van der Waals surface area contributed by atoms with Crippen molar-refractivity contribution in [3.8, 4) is 0 Å². The molecule has 7 nitrogen and oxygen atoms in total. The highest BCUT2D eigenvalue weighted by atomic mass is 16.5. The number of rotatable bonds is 21. The van der Waals surface area contributed by atoms with E-state index < -0.39 is 37.3 Å². The van der Waals surface area contributed by atoms with Gasteiger partial charge in [0.05, 0.1) is 31.3 Å². The van der Waals surface area contributed by atoms with E-state index in [2.05, 4.69) is 19.1 Å². The molecule has 3 unspecified atom stereocenters. The number of unbranched alkanes of at least 4 members (excludes halogenated alkanes) is 7. The number of aliphatic hydroxyl groups excluding tert-OH is 5. The summed E-state index contributed by atoms with van der Waals surface area (Å²) in [6, 6.07) is 0. The molecule has 0 amide bonds. The molecule has 5 N–H and O–H groups in total. The molecule has 0 aliphatic rings. The van der Waals surface area contributed by atoms with Crippen LogP contribution < -0.4 is 0 Å². The Balaban J connectivity index is 3.96. The average molecular weight is 447 g/mol. The number of carbonyl (C=O) groups excluding carboxylic acids is 1. The second-order valence-corrected chi connectivity index (χ2v) is 8.44. The van der Waals surface area contributed by atoms with E-state index in [1.54, 1.807) is 0 Å². The molecule has 7 heteroatoms. The van der Waals surface area contributed by atoms with Crippen LogP contribution in [-0.2, 0) is 9.53 Å². The quantitative estimate of drug-likeness (QED) is 0.104. The van der Waals surface area contributed by atoms with Crippen LogP contribution in [0, 0.1) is 5.92 Å². The van der Waals surface area contributed by atoms with Crippen LogP contribution in [-0.4, -0.2) is 69.6 Å². The topological polar surface area (TPSA) is 127 Å². The van der Waals surface area contributed by atoms with Gasteiger partial charge in [-0.25, -0.2) is 0 Å². The van der Waals surface area contributed by atoms with Crippen molar-refractivity contribution >= 4 is 5.97 Å². The van der Waals surface area contributed by atoms with Gasteiger partial charge in [0.25, 0.3) is 0 Å². The first-order valence-corrected chi connectivity index (χ1v) is 12.0. The third-order valence-corrected chi connectivity index (χ3v) is 5.37. The molecule has 0 saturated heterocycles. The zero-order valence-electron chi connectivity index (χ0n) is 19.3. The molecule has 0 rings (SSSR count). The van der Waals surface area contributed by atoms with Crippen LogP contribution in [0.3, 0.4) is 0 Å². The Morgan fingerprint density at radius 2 is 1.45 bits per heavy atom. The standard InChI is InChI=1S/C24H46O7/c1-2-3-4-11-14-21(27)15-12-9-7-5-6-8-10-13-20(16-22(28)17-25)24(30)31-19-23(29)18-26/h9,12,20-23,25-29H,2-8,10-11,13-19H2,1H3/b12-9-/t20?,21-,22?,23?/m1/s1. The summed E-state index contributed by atoms with van der Waals surface area (Å²) in [5, 5.41) is 46.7. The van der Waals surface area contributed by atoms with E-state index in [0.717, 1.165) is 44.9 Å². The Morgan fingerprint density at radius 1 is 0.806 bits per heavy atom. The highest BCUT2D eigenvalue weighted by Gasteiger charge is 2.23. The van der Waals surface area contributed by atoms with Gasteiger partial charge in [-0.1, -0.05) is 64.0 Å². The van der Waals surface area contributed by atoms with Gasteiger partial charge in [-0.3, -0.25) is 4.79 Å². The number of esters is 1. The lowest BCUT2D eigenvalue weighted by Crippen LogP contribution is -2.28. The van der Waals surface area contributed by atoms with Crippen LogP contribution in [0.1, 0.15) is 90.4 Å². The minimum absolute atomic E-state index is 0.119. The summed E-state index contributed by atoms with van der Waals surface area (Å²) in [5.74, 6) is -1.05. The van der Waals surface area contributed by atoms with E-state index >= 15 is 0 Å². The van der Waals surface area contributed by atoms with E-state index in [1.807, 2.05) is 0 Å². The lowest BCUT2D eigenvalue weighted by atomic mass is 9.94. The number of allylic oxidation sites excluding steroid dienone is 1. The van der Waals surface area contributed by atoms with Gasteiger partial charge in [0.2, 0.25) is 0 Å². The van der Waals surface area contributed by atoms with Gasteiger partial charge in [-0.2, -0.15) is 0 Å². The predicted octanol–water partition coefficient (Wildman–Crippen LogP) is 2.86. The number of hydrogen-bond acceptors (Lipinski definition) is 7. The molecule has 4 atom stereocenters.